The Bertz CT molecular complexity index is 874. The van der Waals surface area contributed by atoms with Gasteiger partial charge in [0.05, 0.1) is 0 Å². The molecule has 0 fully saturated rings. The van der Waals surface area contributed by atoms with Gasteiger partial charge in [-0.1, -0.05) is 24.3 Å². The lowest BCUT2D eigenvalue weighted by Gasteiger charge is -2.06. The largest absolute Gasteiger partial charge is 0.350 e. The van der Waals surface area contributed by atoms with Crippen molar-refractivity contribution in [3.63, 3.8) is 0 Å². The van der Waals surface area contributed by atoms with E-state index in [4.69, 9.17) is 0 Å². The number of hydrogen-bond donors (Lipinski definition) is 3. The van der Waals surface area contributed by atoms with Gasteiger partial charge in [0.1, 0.15) is 11.5 Å². The molecule has 0 saturated heterocycles. The lowest BCUT2D eigenvalue weighted by atomic mass is 10.2. The number of aromatic amines is 1. The fourth-order valence-electron chi connectivity index (χ4n) is 2.38. The molecule has 2 aromatic carbocycles. The van der Waals surface area contributed by atoms with Crippen molar-refractivity contribution in [2.75, 3.05) is 13.1 Å². The van der Waals surface area contributed by atoms with Crippen molar-refractivity contribution in [3.8, 4) is 0 Å². The molecule has 0 unspecified atom stereocenters. The number of aromatic nitrogens is 1. The van der Waals surface area contributed by atoms with Crippen LogP contribution in [0.5, 0.6) is 0 Å². The Morgan fingerprint density at radius 2 is 1.62 bits per heavy atom. The Hall–Kier alpha value is -3.15. The van der Waals surface area contributed by atoms with E-state index in [1.165, 1.54) is 12.1 Å². The zero-order chi connectivity index (χ0) is 16.9. The highest BCUT2D eigenvalue weighted by Gasteiger charge is 2.11. The highest BCUT2D eigenvalue weighted by atomic mass is 19.1. The van der Waals surface area contributed by atoms with Crippen LogP contribution in [0.2, 0.25) is 0 Å². The second kappa shape index (κ2) is 6.95. The van der Waals surface area contributed by atoms with E-state index in [2.05, 4.69) is 15.6 Å². The average Bonchev–Trinajstić information content (AvgIpc) is 3.05. The van der Waals surface area contributed by atoms with Gasteiger partial charge in [0.2, 0.25) is 0 Å². The zero-order valence-electron chi connectivity index (χ0n) is 12.8. The van der Waals surface area contributed by atoms with Gasteiger partial charge in [-0.25, -0.2) is 4.39 Å². The normalized spacial score (nSPS) is 10.5. The van der Waals surface area contributed by atoms with Gasteiger partial charge in [-0.15, -0.1) is 0 Å². The highest BCUT2D eigenvalue weighted by Crippen LogP contribution is 2.18. The third kappa shape index (κ3) is 3.43. The summed E-state index contributed by atoms with van der Waals surface area (Å²) >= 11 is 0. The van der Waals surface area contributed by atoms with Crippen LogP contribution < -0.4 is 10.6 Å². The van der Waals surface area contributed by atoms with Gasteiger partial charge in [0.25, 0.3) is 11.8 Å². The summed E-state index contributed by atoms with van der Waals surface area (Å²) in [7, 11) is 0. The van der Waals surface area contributed by atoms with Crippen molar-refractivity contribution in [2.45, 2.75) is 0 Å². The molecule has 1 heterocycles. The Kier molecular flexibility index (Phi) is 4.56. The minimum Gasteiger partial charge on any atom is -0.350 e. The number of rotatable bonds is 5. The summed E-state index contributed by atoms with van der Waals surface area (Å²) in [6.07, 6.45) is 0. The van der Waals surface area contributed by atoms with Crippen LogP contribution >= 0.6 is 0 Å². The molecule has 6 heteroatoms. The second-order valence-corrected chi connectivity index (χ2v) is 5.26. The number of benzene rings is 2. The monoisotopic (exact) mass is 325 g/mol. The first kappa shape index (κ1) is 15.7. The minimum absolute atomic E-state index is 0.197. The van der Waals surface area contributed by atoms with E-state index in [1.807, 2.05) is 6.07 Å². The van der Waals surface area contributed by atoms with Gasteiger partial charge >= 0.3 is 0 Å². The van der Waals surface area contributed by atoms with E-state index in [1.54, 1.807) is 36.4 Å². The molecule has 3 aromatic rings. The van der Waals surface area contributed by atoms with E-state index in [0.29, 0.717) is 23.0 Å². The second-order valence-electron chi connectivity index (χ2n) is 5.26. The number of fused-ring (bicyclic) bond motifs is 1. The minimum atomic E-state index is -0.377. The van der Waals surface area contributed by atoms with Gasteiger partial charge < -0.3 is 15.6 Å². The molecular formula is C18H16FN3O2. The van der Waals surface area contributed by atoms with Crippen LogP contribution in [0.3, 0.4) is 0 Å². The summed E-state index contributed by atoms with van der Waals surface area (Å²) in [6.45, 7) is 0.573. The number of hydrogen-bond acceptors (Lipinski definition) is 2. The van der Waals surface area contributed by atoms with E-state index in [9.17, 15) is 14.0 Å². The fraction of sp³-hybridized carbons (Fsp3) is 0.111. The van der Waals surface area contributed by atoms with Crippen molar-refractivity contribution in [1.29, 1.82) is 0 Å². The lowest BCUT2D eigenvalue weighted by Crippen LogP contribution is -2.34. The van der Waals surface area contributed by atoms with Crippen LogP contribution in [0, 0.1) is 5.82 Å². The first-order valence-electron chi connectivity index (χ1n) is 7.54. The van der Waals surface area contributed by atoms with Crippen molar-refractivity contribution in [2.24, 2.45) is 0 Å². The maximum Gasteiger partial charge on any atom is 0.267 e. The molecule has 1 aromatic heterocycles. The van der Waals surface area contributed by atoms with Crippen LogP contribution in [0.15, 0.2) is 54.6 Å². The molecule has 122 valence electrons. The molecule has 0 saturated carbocycles. The van der Waals surface area contributed by atoms with Crippen molar-refractivity contribution >= 4 is 22.7 Å². The highest BCUT2D eigenvalue weighted by molar-refractivity contribution is 5.98. The quantitative estimate of drug-likeness (QED) is 0.631. The van der Waals surface area contributed by atoms with Crippen LogP contribution in [-0.4, -0.2) is 29.9 Å². The first-order chi connectivity index (χ1) is 11.6. The number of halogens is 1. The zero-order valence-corrected chi connectivity index (χ0v) is 12.8. The molecule has 3 rings (SSSR count). The Balaban J connectivity index is 1.52. The summed E-state index contributed by atoms with van der Waals surface area (Å²) < 4.78 is 13.6. The summed E-state index contributed by atoms with van der Waals surface area (Å²) in [5.41, 5.74) is 1.41. The number of H-pyrrole nitrogens is 1. The number of carbonyl (C=O) groups is 2. The van der Waals surface area contributed by atoms with Crippen LogP contribution in [0.4, 0.5) is 4.39 Å². The van der Waals surface area contributed by atoms with Crippen LogP contribution in [0.25, 0.3) is 10.9 Å². The molecule has 0 aliphatic rings. The number of nitrogens with one attached hydrogen (secondary N) is 3. The third-order valence-electron chi connectivity index (χ3n) is 3.59. The molecule has 2 amide bonds. The molecule has 24 heavy (non-hydrogen) atoms. The van der Waals surface area contributed by atoms with Crippen molar-refractivity contribution in [3.05, 3.63) is 71.7 Å². The van der Waals surface area contributed by atoms with Crippen LogP contribution in [-0.2, 0) is 0 Å². The first-order valence-corrected chi connectivity index (χ1v) is 7.54. The Morgan fingerprint density at radius 1 is 0.917 bits per heavy atom. The molecule has 0 bridgehead atoms. The molecule has 0 aliphatic carbocycles. The maximum absolute atomic E-state index is 13.6. The maximum atomic E-state index is 13.6. The summed E-state index contributed by atoms with van der Waals surface area (Å²) in [4.78, 5) is 26.8. The van der Waals surface area contributed by atoms with Crippen molar-refractivity contribution in [1.82, 2.24) is 15.6 Å². The molecule has 0 spiro atoms. The van der Waals surface area contributed by atoms with E-state index in [-0.39, 0.29) is 29.9 Å². The summed E-state index contributed by atoms with van der Waals surface area (Å²) in [5, 5.41) is 5.77. The van der Waals surface area contributed by atoms with E-state index in [0.717, 1.165) is 0 Å². The molecule has 0 aliphatic heterocycles. The molecule has 0 atom stereocenters. The summed E-state index contributed by atoms with van der Waals surface area (Å²) in [5.74, 6) is -0.921. The number of amides is 2. The van der Waals surface area contributed by atoms with Gasteiger partial charge in [-0.2, -0.15) is 0 Å². The molecule has 3 N–H and O–H groups in total. The van der Waals surface area contributed by atoms with Gasteiger partial charge in [0.15, 0.2) is 0 Å². The average molecular weight is 325 g/mol. The molecular weight excluding hydrogens is 309 g/mol. The standard InChI is InChI=1S/C18H16FN3O2/c19-14-7-4-8-15-13(14)11-16(22-15)18(24)21-10-9-20-17(23)12-5-2-1-3-6-12/h1-8,11,22H,9-10H2,(H,20,23)(H,21,24). The molecule has 0 radical (unpaired) electrons. The smallest absolute Gasteiger partial charge is 0.267 e. The SMILES string of the molecule is O=C(NCCNC(=O)c1cc2c(F)cccc2[nH]1)c1ccccc1. The van der Waals surface area contributed by atoms with Gasteiger partial charge in [-0.05, 0) is 30.3 Å². The number of carbonyl (C=O) groups excluding carboxylic acids is 2. The van der Waals surface area contributed by atoms with Crippen molar-refractivity contribution < 1.29 is 14.0 Å². The van der Waals surface area contributed by atoms with E-state index >= 15 is 0 Å². The Morgan fingerprint density at radius 3 is 2.33 bits per heavy atom. The Labute approximate surface area is 137 Å². The van der Waals surface area contributed by atoms with E-state index < -0.39 is 0 Å². The summed E-state index contributed by atoms with van der Waals surface area (Å²) in [6, 6.07) is 14.9. The fourth-order valence-corrected chi connectivity index (χ4v) is 2.38. The third-order valence-corrected chi connectivity index (χ3v) is 3.59. The lowest BCUT2D eigenvalue weighted by molar-refractivity contribution is 0.0925. The predicted molar refractivity (Wildman–Crippen MR) is 89.4 cm³/mol. The topological polar surface area (TPSA) is 74.0 Å². The van der Waals surface area contributed by atoms with Gasteiger partial charge in [0, 0.05) is 29.6 Å². The molecule has 5 nitrogen and oxygen atoms in total. The predicted octanol–water partition coefficient (Wildman–Crippen LogP) is 2.47. The van der Waals surface area contributed by atoms with Crippen LogP contribution in [0.1, 0.15) is 20.8 Å². The van der Waals surface area contributed by atoms with Gasteiger partial charge in [-0.3, -0.25) is 9.59 Å².